The van der Waals surface area contributed by atoms with Crippen LogP contribution in [0.2, 0.25) is 0 Å². The fourth-order valence-electron chi connectivity index (χ4n) is 2.64. The Morgan fingerprint density at radius 1 is 1.17 bits per heavy atom. The van der Waals surface area contributed by atoms with Gasteiger partial charge in [-0.05, 0) is 51.9 Å². The van der Waals surface area contributed by atoms with Gasteiger partial charge in [-0.3, -0.25) is 4.79 Å². The number of nitrogens with one attached hydrogen (secondary N) is 2. The van der Waals surface area contributed by atoms with Gasteiger partial charge in [0.25, 0.3) is 0 Å². The van der Waals surface area contributed by atoms with Crippen molar-refractivity contribution in [3.05, 3.63) is 0 Å². The average molecular weight is 254 g/mol. The first kappa shape index (κ1) is 15.5. The van der Waals surface area contributed by atoms with E-state index in [0.717, 1.165) is 12.3 Å². The minimum absolute atomic E-state index is 0.0674. The third-order valence-electron chi connectivity index (χ3n) is 4.30. The van der Waals surface area contributed by atoms with Crippen molar-refractivity contribution in [1.29, 1.82) is 0 Å². The average Bonchev–Trinajstić information content (AvgIpc) is 2.39. The van der Waals surface area contributed by atoms with E-state index in [2.05, 4.69) is 31.4 Å². The Bertz CT molecular complexity index is 247. The summed E-state index contributed by atoms with van der Waals surface area (Å²) < 4.78 is 0. The first-order valence-corrected chi connectivity index (χ1v) is 7.63. The summed E-state index contributed by atoms with van der Waals surface area (Å²) in [6.45, 7) is 8.40. The van der Waals surface area contributed by atoms with Gasteiger partial charge in [-0.15, -0.1) is 0 Å². The van der Waals surface area contributed by atoms with Crippen LogP contribution in [0.15, 0.2) is 0 Å². The van der Waals surface area contributed by atoms with Crippen LogP contribution in [0.5, 0.6) is 0 Å². The van der Waals surface area contributed by atoms with Gasteiger partial charge in [-0.25, -0.2) is 0 Å². The maximum absolute atomic E-state index is 11.9. The molecule has 0 aromatic heterocycles. The van der Waals surface area contributed by atoms with Gasteiger partial charge >= 0.3 is 0 Å². The van der Waals surface area contributed by atoms with Gasteiger partial charge in [0.15, 0.2) is 0 Å². The molecule has 0 saturated heterocycles. The van der Waals surface area contributed by atoms with Crippen LogP contribution in [-0.4, -0.2) is 24.0 Å². The molecule has 1 fully saturated rings. The van der Waals surface area contributed by atoms with Crippen molar-refractivity contribution in [3.63, 3.8) is 0 Å². The summed E-state index contributed by atoms with van der Waals surface area (Å²) in [5.41, 5.74) is 0. The van der Waals surface area contributed by atoms with E-state index in [9.17, 15) is 4.79 Å². The van der Waals surface area contributed by atoms with Crippen molar-refractivity contribution in [3.8, 4) is 0 Å². The third kappa shape index (κ3) is 4.97. The second-order valence-electron chi connectivity index (χ2n) is 5.83. The number of carbonyl (C=O) groups is 1. The lowest BCUT2D eigenvalue weighted by atomic mass is 9.84. The lowest BCUT2D eigenvalue weighted by Gasteiger charge is -2.30. The summed E-state index contributed by atoms with van der Waals surface area (Å²) in [5, 5.41) is 6.52. The highest BCUT2D eigenvalue weighted by Crippen LogP contribution is 2.26. The molecule has 3 heteroatoms. The van der Waals surface area contributed by atoms with Gasteiger partial charge in [-0.2, -0.15) is 0 Å². The Balaban J connectivity index is 2.27. The van der Waals surface area contributed by atoms with Crippen molar-refractivity contribution in [2.24, 2.45) is 5.92 Å². The molecule has 0 heterocycles. The van der Waals surface area contributed by atoms with E-state index in [-0.39, 0.29) is 18.0 Å². The smallest absolute Gasteiger partial charge is 0.237 e. The molecule has 0 aromatic rings. The summed E-state index contributed by atoms with van der Waals surface area (Å²) in [4.78, 5) is 11.9. The minimum Gasteiger partial charge on any atom is -0.352 e. The van der Waals surface area contributed by atoms with Gasteiger partial charge in [0.2, 0.25) is 5.91 Å². The number of rotatable bonds is 6. The second kappa shape index (κ2) is 7.78. The molecule has 1 saturated carbocycles. The number of hydrogen-bond donors (Lipinski definition) is 2. The Morgan fingerprint density at radius 2 is 1.78 bits per heavy atom. The Morgan fingerprint density at radius 3 is 2.28 bits per heavy atom. The van der Waals surface area contributed by atoms with Gasteiger partial charge < -0.3 is 10.6 Å². The van der Waals surface area contributed by atoms with Crippen LogP contribution in [0.4, 0.5) is 0 Å². The lowest BCUT2D eigenvalue weighted by molar-refractivity contribution is -0.123. The summed E-state index contributed by atoms with van der Waals surface area (Å²) in [6.07, 6.45) is 7.36. The molecule has 3 nitrogen and oxygen atoms in total. The molecule has 1 aliphatic rings. The standard InChI is InChI=1S/C15H30N2O/c1-5-11(3)16-15(18)12(4)17-14-9-7-13(6-2)8-10-14/h11-14,17H,5-10H2,1-4H3,(H,16,18). The van der Waals surface area contributed by atoms with Crippen LogP contribution in [-0.2, 0) is 4.79 Å². The van der Waals surface area contributed by atoms with Crippen LogP contribution in [0.25, 0.3) is 0 Å². The molecule has 0 aromatic carbocycles. The van der Waals surface area contributed by atoms with Gasteiger partial charge in [0.1, 0.15) is 0 Å². The summed E-state index contributed by atoms with van der Waals surface area (Å²) in [6, 6.07) is 0.741. The predicted molar refractivity (Wildman–Crippen MR) is 76.5 cm³/mol. The van der Waals surface area contributed by atoms with Gasteiger partial charge in [0.05, 0.1) is 6.04 Å². The molecule has 0 aliphatic heterocycles. The second-order valence-corrected chi connectivity index (χ2v) is 5.83. The van der Waals surface area contributed by atoms with Crippen molar-refractivity contribution < 1.29 is 4.79 Å². The van der Waals surface area contributed by atoms with Crippen LogP contribution in [0.1, 0.15) is 66.2 Å². The number of hydrogen-bond acceptors (Lipinski definition) is 2. The molecule has 2 unspecified atom stereocenters. The quantitative estimate of drug-likeness (QED) is 0.765. The van der Waals surface area contributed by atoms with E-state index in [1.54, 1.807) is 0 Å². The van der Waals surface area contributed by atoms with E-state index < -0.39 is 0 Å². The van der Waals surface area contributed by atoms with Crippen molar-refractivity contribution >= 4 is 5.91 Å². The SMILES string of the molecule is CCC1CCC(NC(C)C(=O)NC(C)CC)CC1. The maximum atomic E-state index is 11.9. The first-order valence-electron chi connectivity index (χ1n) is 7.63. The monoisotopic (exact) mass is 254 g/mol. The molecule has 1 rings (SSSR count). The molecule has 0 spiro atoms. The van der Waals surface area contributed by atoms with Crippen molar-refractivity contribution in [1.82, 2.24) is 10.6 Å². The largest absolute Gasteiger partial charge is 0.352 e. The molecule has 2 atom stereocenters. The van der Waals surface area contributed by atoms with Crippen molar-refractivity contribution in [2.75, 3.05) is 0 Å². The predicted octanol–water partition coefficient (Wildman–Crippen LogP) is 2.85. The molecular weight excluding hydrogens is 224 g/mol. The first-order chi connectivity index (χ1) is 8.56. The topological polar surface area (TPSA) is 41.1 Å². The molecule has 1 aliphatic carbocycles. The summed E-state index contributed by atoms with van der Waals surface area (Å²) in [5.74, 6) is 1.05. The van der Waals surface area contributed by atoms with Crippen LogP contribution in [0, 0.1) is 5.92 Å². The Labute approximate surface area is 112 Å². The minimum atomic E-state index is -0.0674. The maximum Gasteiger partial charge on any atom is 0.237 e. The zero-order valence-electron chi connectivity index (χ0n) is 12.5. The van der Waals surface area contributed by atoms with E-state index in [1.165, 1.54) is 32.1 Å². The molecule has 106 valence electrons. The van der Waals surface area contributed by atoms with Crippen molar-refractivity contribution in [2.45, 2.75) is 84.3 Å². The lowest BCUT2D eigenvalue weighted by Crippen LogP contribution is -2.49. The normalized spacial score (nSPS) is 27.6. The molecule has 2 N–H and O–H groups in total. The highest BCUT2D eigenvalue weighted by atomic mass is 16.2. The third-order valence-corrected chi connectivity index (χ3v) is 4.30. The summed E-state index contributed by atoms with van der Waals surface area (Å²) in [7, 11) is 0. The fraction of sp³-hybridized carbons (Fsp3) is 0.933. The van der Waals surface area contributed by atoms with E-state index >= 15 is 0 Å². The Hall–Kier alpha value is -0.570. The van der Waals surface area contributed by atoms with Crippen LogP contribution in [0.3, 0.4) is 0 Å². The molecule has 1 amide bonds. The van der Waals surface area contributed by atoms with E-state index in [1.807, 2.05) is 6.92 Å². The number of amides is 1. The number of carbonyl (C=O) groups excluding carboxylic acids is 1. The van der Waals surface area contributed by atoms with Crippen LogP contribution >= 0.6 is 0 Å². The molecule has 0 radical (unpaired) electrons. The van der Waals surface area contributed by atoms with Crippen LogP contribution < -0.4 is 10.6 Å². The molecule has 18 heavy (non-hydrogen) atoms. The van der Waals surface area contributed by atoms with E-state index in [0.29, 0.717) is 6.04 Å². The van der Waals surface area contributed by atoms with E-state index in [4.69, 9.17) is 0 Å². The Kier molecular flexibility index (Phi) is 6.69. The molecule has 0 bridgehead atoms. The fourth-order valence-corrected chi connectivity index (χ4v) is 2.64. The zero-order chi connectivity index (χ0) is 13.5. The highest BCUT2D eigenvalue weighted by molar-refractivity contribution is 5.81. The highest BCUT2D eigenvalue weighted by Gasteiger charge is 2.23. The summed E-state index contributed by atoms with van der Waals surface area (Å²) >= 11 is 0. The van der Waals surface area contributed by atoms with Gasteiger partial charge in [-0.1, -0.05) is 20.3 Å². The molecular formula is C15H30N2O. The van der Waals surface area contributed by atoms with Gasteiger partial charge in [0, 0.05) is 12.1 Å². The zero-order valence-corrected chi connectivity index (χ0v) is 12.5.